The van der Waals surface area contributed by atoms with Gasteiger partial charge >= 0.3 is 0 Å². The summed E-state index contributed by atoms with van der Waals surface area (Å²) in [6.45, 7) is -2.63. The Morgan fingerprint density at radius 3 is 2.09 bits per heavy atom. The normalized spacial score (nSPS) is 53.5. The van der Waals surface area contributed by atoms with E-state index in [4.69, 9.17) is 14.6 Å². The van der Waals surface area contributed by atoms with Crippen LogP contribution in [0.15, 0.2) is 0 Å². The predicted molar refractivity (Wildman–Crippen MR) is 67.6 cm³/mol. The summed E-state index contributed by atoms with van der Waals surface area (Å²) in [6, 6.07) is 0. The van der Waals surface area contributed by atoms with Crippen LogP contribution >= 0.6 is 0 Å². The van der Waals surface area contributed by atoms with Crippen molar-refractivity contribution in [3.05, 3.63) is 0 Å². The van der Waals surface area contributed by atoms with Crippen molar-refractivity contribution in [1.29, 1.82) is 0 Å². The van der Waals surface area contributed by atoms with Crippen LogP contribution in [0.4, 0.5) is 0 Å². The predicted octanol–water partition coefficient (Wildman–Crippen LogP) is -5.33. The van der Waals surface area contributed by atoms with Gasteiger partial charge in [-0.1, -0.05) is 0 Å². The highest BCUT2D eigenvalue weighted by Crippen LogP contribution is 2.41. The van der Waals surface area contributed by atoms with Gasteiger partial charge < -0.3 is 50.3 Å². The zero-order valence-corrected chi connectivity index (χ0v) is 11.7. The molecule has 2 saturated heterocycles. The van der Waals surface area contributed by atoms with Crippen LogP contribution in [0.25, 0.3) is 0 Å². The highest BCUT2D eigenvalue weighted by Gasteiger charge is 2.68. The van der Waals surface area contributed by atoms with Crippen molar-refractivity contribution in [3.8, 4) is 0 Å². The molecule has 2 aliphatic rings. The van der Waals surface area contributed by atoms with Crippen molar-refractivity contribution in [3.63, 3.8) is 0 Å². The Balaban J connectivity index is 2.40. The minimum absolute atomic E-state index is 0.399. The number of rotatable bonds is 3. The Labute approximate surface area is 125 Å². The van der Waals surface area contributed by atoms with E-state index in [9.17, 15) is 35.7 Å². The highest BCUT2D eigenvalue weighted by molar-refractivity contribution is 5.18. The van der Waals surface area contributed by atoms with Crippen LogP contribution in [0.2, 0.25) is 0 Å². The van der Waals surface area contributed by atoms with E-state index in [1.807, 2.05) is 0 Å². The third-order valence-corrected chi connectivity index (χ3v) is 4.52. The van der Waals surface area contributed by atoms with Crippen LogP contribution in [-0.2, 0) is 9.47 Å². The van der Waals surface area contributed by atoms with Gasteiger partial charge in [0.05, 0.1) is 26.4 Å². The van der Waals surface area contributed by atoms with E-state index < -0.39 is 74.3 Å². The van der Waals surface area contributed by atoms with Crippen LogP contribution in [0.5, 0.6) is 0 Å². The second-order valence-electron chi connectivity index (χ2n) is 5.73. The first-order chi connectivity index (χ1) is 10.2. The summed E-state index contributed by atoms with van der Waals surface area (Å²) < 4.78 is 10.0. The summed E-state index contributed by atoms with van der Waals surface area (Å²) in [5.74, 6) is 0. The molecule has 2 aliphatic heterocycles. The Morgan fingerprint density at radius 2 is 1.55 bits per heavy atom. The topological polar surface area (TPSA) is 180 Å². The Morgan fingerprint density at radius 1 is 0.909 bits per heavy atom. The van der Waals surface area contributed by atoms with Gasteiger partial charge in [0.15, 0.2) is 11.2 Å². The second kappa shape index (κ2) is 6.24. The molecule has 0 spiro atoms. The molecule has 0 radical (unpaired) electrons. The first kappa shape index (κ1) is 17.9. The lowest BCUT2D eigenvalue weighted by atomic mass is 9.67. The first-order valence-corrected chi connectivity index (χ1v) is 6.86. The lowest BCUT2D eigenvalue weighted by Gasteiger charge is -2.56. The van der Waals surface area contributed by atoms with Crippen LogP contribution in [-0.4, -0.2) is 115 Å². The Bertz CT molecular complexity index is 390. The van der Waals surface area contributed by atoms with E-state index >= 15 is 0 Å². The lowest BCUT2D eigenvalue weighted by Crippen LogP contribution is -2.81. The molecule has 130 valence electrons. The van der Waals surface area contributed by atoms with Gasteiger partial charge in [0.25, 0.3) is 0 Å². The van der Waals surface area contributed by atoms with Crippen molar-refractivity contribution in [1.82, 2.24) is 0 Å². The molecular weight excluding hydrogens is 304 g/mol. The fourth-order valence-electron chi connectivity index (χ4n) is 3.06. The van der Waals surface area contributed by atoms with Crippen molar-refractivity contribution in [2.75, 3.05) is 26.4 Å². The average molecular weight is 326 g/mol. The van der Waals surface area contributed by atoms with Gasteiger partial charge in [-0.25, -0.2) is 0 Å². The number of aliphatic hydroxyl groups excluding tert-OH is 6. The van der Waals surface area contributed by atoms with Gasteiger partial charge in [-0.15, -0.1) is 0 Å². The maximum absolute atomic E-state index is 10.7. The maximum Gasteiger partial charge on any atom is 0.155 e. The number of aliphatic hydroxyl groups is 8. The van der Waals surface area contributed by atoms with Crippen molar-refractivity contribution in [2.24, 2.45) is 0 Å². The van der Waals surface area contributed by atoms with Crippen LogP contribution in [0, 0.1) is 0 Å². The summed E-state index contributed by atoms with van der Waals surface area (Å²) in [5, 5.41) is 79.5. The smallest absolute Gasteiger partial charge is 0.155 e. The molecule has 10 heteroatoms. The van der Waals surface area contributed by atoms with Gasteiger partial charge in [0.2, 0.25) is 0 Å². The fourth-order valence-corrected chi connectivity index (χ4v) is 3.06. The van der Waals surface area contributed by atoms with Crippen LogP contribution in [0.1, 0.15) is 0 Å². The van der Waals surface area contributed by atoms with Gasteiger partial charge in [0, 0.05) is 0 Å². The number of ether oxygens (including phenoxy) is 2. The van der Waals surface area contributed by atoms with Crippen LogP contribution < -0.4 is 0 Å². The van der Waals surface area contributed by atoms with E-state index in [1.165, 1.54) is 0 Å². The quantitative estimate of drug-likeness (QED) is 0.249. The standard InChI is InChI=1S/C12H22O10/c13-1-6-8(16)10(18)11(19,4-22-6)12(20)7(2-14)21-3-5(15)9(12)17/h5-10,13-20H,1-4H2/t5-,6+,7+,8+,9+,10-,11+,12+/m0/s1. The molecular formula is C12H22O10. The molecule has 0 unspecified atom stereocenters. The monoisotopic (exact) mass is 326 g/mol. The summed E-state index contributed by atoms with van der Waals surface area (Å²) in [4.78, 5) is 0. The molecule has 22 heavy (non-hydrogen) atoms. The van der Waals surface area contributed by atoms with Crippen molar-refractivity contribution < 1.29 is 50.3 Å². The second-order valence-corrected chi connectivity index (χ2v) is 5.73. The van der Waals surface area contributed by atoms with E-state index in [2.05, 4.69) is 0 Å². The fraction of sp³-hybridized carbons (Fsp3) is 1.00. The summed E-state index contributed by atoms with van der Waals surface area (Å²) in [6.07, 6.45) is -10.1. The first-order valence-electron chi connectivity index (χ1n) is 6.86. The molecule has 2 rings (SSSR count). The molecule has 8 N–H and O–H groups in total. The summed E-state index contributed by atoms with van der Waals surface area (Å²) in [5.41, 5.74) is -5.35. The molecule has 0 bridgehead atoms. The zero-order chi connectivity index (χ0) is 16.7. The third kappa shape index (κ3) is 2.36. The van der Waals surface area contributed by atoms with Crippen LogP contribution in [0.3, 0.4) is 0 Å². The molecule has 0 aliphatic carbocycles. The average Bonchev–Trinajstić information content (AvgIpc) is 2.50. The summed E-state index contributed by atoms with van der Waals surface area (Å²) >= 11 is 0. The molecule has 0 saturated carbocycles. The number of hydrogen-bond acceptors (Lipinski definition) is 10. The minimum atomic E-state index is -2.71. The molecule has 8 atom stereocenters. The molecule has 0 amide bonds. The minimum Gasteiger partial charge on any atom is -0.394 e. The van der Waals surface area contributed by atoms with Gasteiger partial charge in [-0.3, -0.25) is 0 Å². The van der Waals surface area contributed by atoms with Crippen molar-refractivity contribution >= 4 is 0 Å². The lowest BCUT2D eigenvalue weighted by molar-refractivity contribution is -0.359. The molecule has 0 aromatic carbocycles. The molecule has 0 aromatic heterocycles. The Kier molecular flexibility index (Phi) is 5.09. The molecule has 2 fully saturated rings. The van der Waals surface area contributed by atoms with E-state index in [1.54, 1.807) is 0 Å². The SMILES string of the molecule is OC[C@H]1OC[C@](O)([C@]2(O)[C@H](O)[C@@H](O)CO[C@@H]2CO)[C@@H](O)[C@@H]1O. The van der Waals surface area contributed by atoms with Crippen molar-refractivity contribution in [2.45, 2.75) is 47.8 Å². The van der Waals surface area contributed by atoms with E-state index in [-0.39, 0.29) is 0 Å². The summed E-state index contributed by atoms with van der Waals surface area (Å²) in [7, 11) is 0. The van der Waals surface area contributed by atoms with E-state index in [0.717, 1.165) is 0 Å². The maximum atomic E-state index is 10.7. The van der Waals surface area contributed by atoms with Gasteiger partial charge in [0.1, 0.15) is 36.6 Å². The molecule has 0 aromatic rings. The van der Waals surface area contributed by atoms with E-state index in [0.29, 0.717) is 0 Å². The molecule has 2 heterocycles. The third-order valence-electron chi connectivity index (χ3n) is 4.52. The largest absolute Gasteiger partial charge is 0.394 e. The zero-order valence-electron chi connectivity index (χ0n) is 11.7. The highest BCUT2D eigenvalue weighted by atomic mass is 16.6. The van der Waals surface area contributed by atoms with Gasteiger partial charge in [-0.2, -0.15) is 0 Å². The molecule has 10 nitrogen and oxygen atoms in total. The number of hydrogen-bond donors (Lipinski definition) is 8. The Hall–Kier alpha value is -0.400. The van der Waals surface area contributed by atoms with Gasteiger partial charge in [-0.05, 0) is 0 Å².